The summed E-state index contributed by atoms with van der Waals surface area (Å²) in [6.07, 6.45) is 2.63. The number of esters is 1. The highest BCUT2D eigenvalue weighted by Gasteiger charge is 2.13. The van der Waals surface area contributed by atoms with Crippen LogP contribution in [0.3, 0.4) is 0 Å². The van der Waals surface area contributed by atoms with Crippen LogP contribution in [-0.2, 0) is 11.2 Å². The molecule has 0 saturated heterocycles. The Kier molecular flexibility index (Phi) is 6.56. The van der Waals surface area contributed by atoms with E-state index in [1.54, 1.807) is 18.2 Å². The number of thiocarbonyl (C=S) groups is 1. The van der Waals surface area contributed by atoms with Crippen LogP contribution in [-0.4, -0.2) is 18.1 Å². The molecular formula is C18H18ClNO2S. The highest BCUT2D eigenvalue weighted by Crippen LogP contribution is 2.22. The molecule has 0 atom stereocenters. The van der Waals surface area contributed by atoms with Gasteiger partial charge in [-0.05, 0) is 43.0 Å². The Morgan fingerprint density at radius 3 is 2.65 bits per heavy atom. The number of hydrogen-bond acceptors (Lipinski definition) is 3. The van der Waals surface area contributed by atoms with Crippen molar-refractivity contribution in [2.24, 2.45) is 0 Å². The zero-order valence-corrected chi connectivity index (χ0v) is 14.4. The lowest BCUT2D eigenvalue weighted by Gasteiger charge is -2.12. The SMILES string of the molecule is COC(=O)c1ccc(Cl)cc1NC(=S)CCCc1ccccc1. The van der Waals surface area contributed by atoms with E-state index in [0.29, 0.717) is 21.3 Å². The number of carbonyl (C=O) groups is 1. The number of methoxy groups -OCH3 is 1. The maximum atomic E-state index is 11.8. The molecule has 0 heterocycles. The second-order valence-electron chi connectivity index (χ2n) is 5.07. The van der Waals surface area contributed by atoms with Crippen LogP contribution in [0.15, 0.2) is 48.5 Å². The van der Waals surface area contributed by atoms with Crippen LogP contribution < -0.4 is 5.32 Å². The molecule has 3 nitrogen and oxygen atoms in total. The van der Waals surface area contributed by atoms with Gasteiger partial charge in [-0.3, -0.25) is 0 Å². The Morgan fingerprint density at radius 1 is 1.22 bits per heavy atom. The van der Waals surface area contributed by atoms with E-state index >= 15 is 0 Å². The summed E-state index contributed by atoms with van der Waals surface area (Å²) in [5.74, 6) is -0.420. The van der Waals surface area contributed by atoms with E-state index in [4.69, 9.17) is 28.6 Å². The van der Waals surface area contributed by atoms with Gasteiger partial charge in [0, 0.05) is 5.02 Å². The minimum absolute atomic E-state index is 0.419. The second kappa shape index (κ2) is 8.65. The first kappa shape index (κ1) is 17.4. The van der Waals surface area contributed by atoms with Gasteiger partial charge in [-0.1, -0.05) is 54.2 Å². The van der Waals surface area contributed by atoms with Crippen LogP contribution in [0.1, 0.15) is 28.8 Å². The molecule has 0 saturated carbocycles. The molecule has 5 heteroatoms. The zero-order chi connectivity index (χ0) is 16.7. The van der Waals surface area contributed by atoms with Crippen molar-refractivity contribution in [3.8, 4) is 0 Å². The van der Waals surface area contributed by atoms with Crippen molar-refractivity contribution in [1.29, 1.82) is 0 Å². The topological polar surface area (TPSA) is 38.3 Å². The highest BCUT2D eigenvalue weighted by molar-refractivity contribution is 7.80. The molecule has 120 valence electrons. The zero-order valence-electron chi connectivity index (χ0n) is 12.8. The monoisotopic (exact) mass is 347 g/mol. The number of carbonyl (C=O) groups excluding carboxylic acids is 1. The van der Waals surface area contributed by atoms with E-state index in [1.165, 1.54) is 12.7 Å². The molecule has 2 rings (SSSR count). The standard InChI is InChI=1S/C18H18ClNO2S/c1-22-18(21)15-11-10-14(19)12-16(15)20-17(23)9-5-8-13-6-3-2-4-7-13/h2-4,6-7,10-12H,5,8-9H2,1H3,(H,20,23). The molecule has 0 unspecified atom stereocenters. The Bertz CT molecular complexity index is 689. The molecule has 2 aromatic rings. The Labute approximate surface area is 146 Å². The van der Waals surface area contributed by atoms with Gasteiger partial charge in [0.2, 0.25) is 0 Å². The lowest BCUT2D eigenvalue weighted by Crippen LogP contribution is -2.13. The van der Waals surface area contributed by atoms with Crippen LogP contribution in [0.5, 0.6) is 0 Å². The molecule has 0 amide bonds. The van der Waals surface area contributed by atoms with Gasteiger partial charge < -0.3 is 10.1 Å². The quantitative estimate of drug-likeness (QED) is 0.596. The third-order valence-corrected chi connectivity index (χ3v) is 3.91. The van der Waals surface area contributed by atoms with Gasteiger partial charge in [0.25, 0.3) is 0 Å². The smallest absolute Gasteiger partial charge is 0.339 e. The molecule has 0 aliphatic heterocycles. The van der Waals surface area contributed by atoms with Crippen LogP contribution in [0, 0.1) is 0 Å². The number of hydrogen-bond donors (Lipinski definition) is 1. The molecule has 0 aliphatic rings. The minimum atomic E-state index is -0.420. The largest absolute Gasteiger partial charge is 0.465 e. The molecule has 0 bridgehead atoms. The van der Waals surface area contributed by atoms with Gasteiger partial charge in [0.15, 0.2) is 0 Å². The number of halogens is 1. The van der Waals surface area contributed by atoms with Gasteiger partial charge in [-0.2, -0.15) is 0 Å². The summed E-state index contributed by atoms with van der Waals surface area (Å²) < 4.78 is 4.77. The average Bonchev–Trinajstić information content (AvgIpc) is 2.55. The maximum Gasteiger partial charge on any atom is 0.339 e. The van der Waals surface area contributed by atoms with E-state index in [-0.39, 0.29) is 0 Å². The lowest BCUT2D eigenvalue weighted by atomic mass is 10.1. The fraction of sp³-hybridized carbons (Fsp3) is 0.222. The van der Waals surface area contributed by atoms with Crippen LogP contribution >= 0.6 is 23.8 Å². The maximum absolute atomic E-state index is 11.8. The molecular weight excluding hydrogens is 330 g/mol. The molecule has 0 radical (unpaired) electrons. The van der Waals surface area contributed by atoms with Crippen molar-refractivity contribution >= 4 is 40.5 Å². The fourth-order valence-corrected chi connectivity index (χ4v) is 2.64. The number of nitrogens with one attached hydrogen (secondary N) is 1. The molecule has 2 aromatic carbocycles. The van der Waals surface area contributed by atoms with Gasteiger partial charge in [-0.25, -0.2) is 4.79 Å². The van der Waals surface area contributed by atoms with Gasteiger partial charge in [0.1, 0.15) is 0 Å². The first-order chi connectivity index (χ1) is 11.1. The van der Waals surface area contributed by atoms with Crippen molar-refractivity contribution in [2.75, 3.05) is 12.4 Å². The first-order valence-electron chi connectivity index (χ1n) is 7.32. The summed E-state index contributed by atoms with van der Waals surface area (Å²) in [5, 5.41) is 3.63. The minimum Gasteiger partial charge on any atom is -0.465 e. The van der Waals surface area contributed by atoms with E-state index < -0.39 is 5.97 Å². The van der Waals surface area contributed by atoms with E-state index in [9.17, 15) is 4.79 Å². The Hall–Kier alpha value is -1.91. The lowest BCUT2D eigenvalue weighted by molar-refractivity contribution is 0.0602. The van der Waals surface area contributed by atoms with Crippen molar-refractivity contribution in [3.63, 3.8) is 0 Å². The van der Waals surface area contributed by atoms with Crippen LogP contribution in [0.2, 0.25) is 5.02 Å². The summed E-state index contributed by atoms with van der Waals surface area (Å²) in [5.41, 5.74) is 2.28. The third kappa shape index (κ3) is 5.34. The van der Waals surface area contributed by atoms with Crippen molar-refractivity contribution < 1.29 is 9.53 Å². The number of benzene rings is 2. The highest BCUT2D eigenvalue weighted by atomic mass is 35.5. The summed E-state index contributed by atoms with van der Waals surface area (Å²) in [6.45, 7) is 0. The molecule has 23 heavy (non-hydrogen) atoms. The Morgan fingerprint density at radius 2 is 1.96 bits per heavy atom. The van der Waals surface area contributed by atoms with E-state index in [0.717, 1.165) is 19.3 Å². The normalized spacial score (nSPS) is 10.2. The molecule has 0 aliphatic carbocycles. The first-order valence-corrected chi connectivity index (χ1v) is 8.10. The summed E-state index contributed by atoms with van der Waals surface area (Å²) in [4.78, 5) is 12.5. The average molecular weight is 348 g/mol. The molecule has 1 N–H and O–H groups in total. The van der Waals surface area contributed by atoms with E-state index in [2.05, 4.69) is 17.4 Å². The fourth-order valence-electron chi connectivity index (χ4n) is 2.22. The third-order valence-electron chi connectivity index (χ3n) is 3.37. The molecule has 0 fully saturated rings. The van der Waals surface area contributed by atoms with Gasteiger partial charge in [0.05, 0.1) is 23.3 Å². The number of rotatable bonds is 6. The number of anilines is 1. The number of aryl methyl sites for hydroxylation is 1. The van der Waals surface area contributed by atoms with Crippen LogP contribution in [0.4, 0.5) is 5.69 Å². The van der Waals surface area contributed by atoms with Crippen LogP contribution in [0.25, 0.3) is 0 Å². The Balaban J connectivity index is 1.94. The predicted molar refractivity (Wildman–Crippen MR) is 98.4 cm³/mol. The van der Waals surface area contributed by atoms with Crippen molar-refractivity contribution in [1.82, 2.24) is 0 Å². The predicted octanol–water partition coefficient (Wildman–Crippen LogP) is 4.89. The molecule has 0 spiro atoms. The van der Waals surface area contributed by atoms with Gasteiger partial charge >= 0.3 is 5.97 Å². The van der Waals surface area contributed by atoms with Crippen molar-refractivity contribution in [3.05, 3.63) is 64.7 Å². The number of ether oxygens (including phenoxy) is 1. The van der Waals surface area contributed by atoms with Gasteiger partial charge in [-0.15, -0.1) is 0 Å². The van der Waals surface area contributed by atoms with E-state index in [1.807, 2.05) is 18.2 Å². The molecule has 0 aromatic heterocycles. The summed E-state index contributed by atoms with van der Waals surface area (Å²) >= 11 is 11.4. The summed E-state index contributed by atoms with van der Waals surface area (Å²) in [6, 6.07) is 15.2. The van der Waals surface area contributed by atoms with Crippen molar-refractivity contribution in [2.45, 2.75) is 19.3 Å². The second-order valence-corrected chi connectivity index (χ2v) is 6.00. The summed E-state index contributed by atoms with van der Waals surface area (Å²) in [7, 11) is 1.35.